The summed E-state index contributed by atoms with van der Waals surface area (Å²) in [5, 5.41) is 0. The molecule has 1 atom stereocenters. The van der Waals surface area contributed by atoms with E-state index in [9.17, 15) is 16.8 Å². The smallest absolute Gasteiger partial charge is 0.320 e. The van der Waals surface area contributed by atoms with E-state index in [1.165, 1.54) is 55.5 Å². The molecular formula is C20H23FO6S2. The van der Waals surface area contributed by atoms with Crippen LogP contribution in [0, 0.1) is 5.92 Å². The first-order chi connectivity index (χ1) is 13.7. The second-order valence-corrected chi connectivity index (χ2v) is 11.3. The third-order valence-electron chi connectivity index (χ3n) is 4.87. The largest absolute Gasteiger partial charge is 0.353 e. The Bertz CT molecular complexity index is 948. The van der Waals surface area contributed by atoms with Gasteiger partial charge in [-0.25, -0.2) is 21.2 Å². The number of hydrogen-bond acceptors (Lipinski definition) is 6. The second-order valence-electron chi connectivity index (χ2n) is 6.88. The van der Waals surface area contributed by atoms with E-state index in [0.29, 0.717) is 19.6 Å². The summed E-state index contributed by atoms with van der Waals surface area (Å²) in [6.45, 7) is 2.02. The molecule has 6 nitrogen and oxygen atoms in total. The highest BCUT2D eigenvalue weighted by molar-refractivity contribution is 8.10. The van der Waals surface area contributed by atoms with E-state index in [1.807, 2.05) is 0 Å². The highest BCUT2D eigenvalue weighted by Gasteiger charge is 2.61. The van der Waals surface area contributed by atoms with Crippen molar-refractivity contribution >= 4 is 19.7 Å². The first kappa shape index (κ1) is 21.9. The molecule has 1 heterocycles. The number of hydrogen-bond donors (Lipinski definition) is 0. The number of rotatable bonds is 7. The summed E-state index contributed by atoms with van der Waals surface area (Å²) in [5.41, 5.74) is 0. The predicted octanol–water partition coefficient (Wildman–Crippen LogP) is 3.35. The summed E-state index contributed by atoms with van der Waals surface area (Å²) >= 11 is 0. The molecule has 0 unspecified atom stereocenters. The summed E-state index contributed by atoms with van der Waals surface area (Å²) in [6.07, 6.45) is -0.434. The van der Waals surface area contributed by atoms with Crippen molar-refractivity contribution in [3.8, 4) is 0 Å². The summed E-state index contributed by atoms with van der Waals surface area (Å²) in [7, 11) is -9.84. The van der Waals surface area contributed by atoms with Crippen molar-refractivity contribution in [1.29, 1.82) is 0 Å². The predicted molar refractivity (Wildman–Crippen MR) is 105 cm³/mol. The van der Waals surface area contributed by atoms with Crippen LogP contribution in [-0.2, 0) is 29.1 Å². The highest BCUT2D eigenvalue weighted by Crippen LogP contribution is 2.44. The molecule has 3 rings (SSSR count). The molecule has 0 amide bonds. The van der Waals surface area contributed by atoms with Crippen LogP contribution < -0.4 is 0 Å². The first-order valence-electron chi connectivity index (χ1n) is 9.22. The van der Waals surface area contributed by atoms with Crippen LogP contribution in [0.4, 0.5) is 4.39 Å². The third-order valence-corrected chi connectivity index (χ3v) is 10.2. The fourth-order valence-corrected chi connectivity index (χ4v) is 7.96. The van der Waals surface area contributed by atoms with Crippen molar-refractivity contribution in [2.75, 3.05) is 13.2 Å². The fourth-order valence-electron chi connectivity index (χ4n) is 3.30. The van der Waals surface area contributed by atoms with Gasteiger partial charge in [0.2, 0.25) is 19.7 Å². The highest BCUT2D eigenvalue weighted by atomic mass is 32.3. The van der Waals surface area contributed by atoms with E-state index < -0.39 is 46.0 Å². The van der Waals surface area contributed by atoms with Gasteiger partial charge in [0, 0.05) is 12.3 Å². The molecule has 29 heavy (non-hydrogen) atoms. The normalized spacial score (nSPS) is 17.7. The molecule has 0 N–H and O–H groups in total. The van der Waals surface area contributed by atoms with Crippen LogP contribution in [0.25, 0.3) is 0 Å². The molecule has 0 aromatic heterocycles. The van der Waals surface area contributed by atoms with Gasteiger partial charge in [0.05, 0.1) is 23.0 Å². The Hall–Kier alpha value is -1.81. The number of ether oxygens (including phenoxy) is 2. The Morgan fingerprint density at radius 3 is 1.72 bits per heavy atom. The van der Waals surface area contributed by atoms with Crippen molar-refractivity contribution < 1.29 is 30.7 Å². The Morgan fingerprint density at radius 2 is 1.31 bits per heavy atom. The maximum Gasteiger partial charge on any atom is 0.320 e. The fraction of sp³-hybridized carbons (Fsp3) is 0.400. The molecule has 0 radical (unpaired) electrons. The molecule has 1 aliphatic rings. The minimum absolute atomic E-state index is 0.228. The van der Waals surface area contributed by atoms with Crippen molar-refractivity contribution in [3.63, 3.8) is 0 Å². The average Bonchev–Trinajstić information content (AvgIpc) is 2.74. The van der Waals surface area contributed by atoms with E-state index in [2.05, 4.69) is 0 Å². The van der Waals surface area contributed by atoms with Crippen LogP contribution in [0.1, 0.15) is 19.8 Å². The summed E-state index contributed by atoms with van der Waals surface area (Å²) in [6, 6.07) is 13.5. The van der Waals surface area contributed by atoms with Crippen LogP contribution in [-0.4, -0.2) is 40.7 Å². The van der Waals surface area contributed by atoms with E-state index in [-0.39, 0.29) is 6.42 Å². The molecule has 0 spiro atoms. The third kappa shape index (κ3) is 3.96. The zero-order valence-corrected chi connectivity index (χ0v) is 17.5. The molecule has 0 aliphatic carbocycles. The number of alkyl halides is 1. The molecule has 0 bridgehead atoms. The van der Waals surface area contributed by atoms with Crippen LogP contribution in [0.3, 0.4) is 0 Å². The quantitative estimate of drug-likeness (QED) is 0.654. The maximum absolute atomic E-state index is 16.6. The van der Waals surface area contributed by atoms with Gasteiger partial charge in [-0.2, -0.15) is 0 Å². The van der Waals surface area contributed by atoms with Gasteiger partial charge in [0.15, 0.2) is 6.29 Å². The van der Waals surface area contributed by atoms with E-state index in [1.54, 1.807) is 12.1 Å². The lowest BCUT2D eigenvalue weighted by Gasteiger charge is -2.33. The topological polar surface area (TPSA) is 86.7 Å². The van der Waals surface area contributed by atoms with Crippen molar-refractivity contribution in [2.45, 2.75) is 40.2 Å². The molecule has 0 saturated carbocycles. The number of benzene rings is 2. The Kier molecular flexibility index (Phi) is 6.42. The van der Waals surface area contributed by atoms with Gasteiger partial charge in [0.25, 0.3) is 0 Å². The minimum Gasteiger partial charge on any atom is -0.353 e. The van der Waals surface area contributed by atoms with Gasteiger partial charge in [-0.05, 0) is 30.7 Å². The molecular weight excluding hydrogens is 419 g/mol. The summed E-state index contributed by atoms with van der Waals surface area (Å²) in [4.78, 5) is -0.807. The zero-order chi connectivity index (χ0) is 21.1. The first-order valence-corrected chi connectivity index (χ1v) is 12.2. The minimum atomic E-state index is -4.92. The van der Waals surface area contributed by atoms with Crippen molar-refractivity contribution in [3.05, 3.63) is 60.7 Å². The SMILES string of the molecule is C[C@H](CC1OCCCO1)C(F)(S(=O)(=O)c1ccccc1)S(=O)(=O)c1ccccc1. The maximum atomic E-state index is 16.6. The molecule has 9 heteroatoms. The van der Waals surface area contributed by atoms with Crippen LogP contribution in [0.15, 0.2) is 70.5 Å². The Labute approximate surface area is 170 Å². The van der Waals surface area contributed by atoms with Crippen LogP contribution in [0.2, 0.25) is 0 Å². The zero-order valence-electron chi connectivity index (χ0n) is 15.9. The van der Waals surface area contributed by atoms with Crippen molar-refractivity contribution in [2.24, 2.45) is 5.92 Å². The van der Waals surface area contributed by atoms with Crippen LogP contribution >= 0.6 is 0 Å². The summed E-state index contributed by atoms with van der Waals surface area (Å²) < 4.78 is 77.1. The monoisotopic (exact) mass is 442 g/mol. The Morgan fingerprint density at radius 1 is 0.897 bits per heavy atom. The van der Waals surface area contributed by atoms with Gasteiger partial charge in [0.1, 0.15) is 0 Å². The molecule has 1 saturated heterocycles. The van der Waals surface area contributed by atoms with Crippen molar-refractivity contribution in [1.82, 2.24) is 0 Å². The number of halogens is 1. The molecule has 158 valence electrons. The lowest BCUT2D eigenvalue weighted by Crippen LogP contribution is -2.49. The second kappa shape index (κ2) is 8.51. The van der Waals surface area contributed by atoms with Gasteiger partial charge in [-0.1, -0.05) is 43.3 Å². The van der Waals surface area contributed by atoms with Gasteiger partial charge in [-0.3, -0.25) is 0 Å². The van der Waals surface area contributed by atoms with Gasteiger partial charge < -0.3 is 9.47 Å². The van der Waals surface area contributed by atoms with Gasteiger partial charge in [-0.15, -0.1) is 0 Å². The molecule has 1 aliphatic heterocycles. The molecule has 2 aromatic rings. The lowest BCUT2D eigenvalue weighted by atomic mass is 10.1. The van der Waals surface area contributed by atoms with Crippen LogP contribution in [0.5, 0.6) is 0 Å². The molecule has 2 aromatic carbocycles. The standard InChI is InChI=1S/C20H23FO6S2/c1-16(15-19-26-13-8-14-27-19)20(21,28(22,23)17-9-4-2-5-10-17)29(24,25)18-11-6-3-7-12-18/h2-7,9-12,16,19H,8,13-15H2,1H3/t16-/m1/s1. The van der Waals surface area contributed by atoms with E-state index >= 15 is 4.39 Å². The Balaban J connectivity index is 2.13. The summed E-state index contributed by atoms with van der Waals surface area (Å²) in [5.74, 6) is -1.46. The number of sulfone groups is 2. The van der Waals surface area contributed by atoms with Gasteiger partial charge >= 0.3 is 4.33 Å². The average molecular weight is 443 g/mol. The van der Waals surface area contributed by atoms with E-state index in [4.69, 9.17) is 9.47 Å². The lowest BCUT2D eigenvalue weighted by molar-refractivity contribution is -0.187. The molecule has 1 fully saturated rings. The van der Waals surface area contributed by atoms with E-state index in [0.717, 1.165) is 0 Å².